The quantitative estimate of drug-likeness (QED) is 0.495. The van der Waals surface area contributed by atoms with Crippen molar-refractivity contribution in [3.63, 3.8) is 0 Å². The Morgan fingerprint density at radius 3 is 2.74 bits per heavy atom. The van der Waals surface area contributed by atoms with E-state index in [1.165, 1.54) is 20.0 Å². The monoisotopic (exact) mass is 303 g/mol. The number of aliphatic hydroxyl groups is 1. The topological polar surface area (TPSA) is 68.7 Å². The number of hydrogen-bond donors (Lipinski definition) is 1. The SMILES string of the molecule is [B]C(C(=O)OCC)C(OC(C)(C)O)c1cnc(Cl)s1. The Bertz CT molecular complexity index is 435. The average Bonchev–Trinajstić information content (AvgIpc) is 2.71. The van der Waals surface area contributed by atoms with Crippen LogP contribution in [0.15, 0.2) is 6.20 Å². The molecule has 5 nitrogen and oxygen atoms in total. The van der Waals surface area contributed by atoms with Crippen molar-refractivity contribution < 1.29 is 19.4 Å². The maximum absolute atomic E-state index is 11.7. The van der Waals surface area contributed by atoms with Crippen LogP contribution in [0.4, 0.5) is 0 Å². The number of hydrogen-bond acceptors (Lipinski definition) is 6. The molecule has 2 radical (unpaired) electrons. The van der Waals surface area contributed by atoms with E-state index in [1.807, 2.05) is 0 Å². The van der Waals surface area contributed by atoms with Gasteiger partial charge in [0.25, 0.3) is 0 Å². The summed E-state index contributed by atoms with van der Waals surface area (Å²) in [5.41, 5.74) is 0. The van der Waals surface area contributed by atoms with E-state index in [4.69, 9.17) is 28.9 Å². The summed E-state index contributed by atoms with van der Waals surface area (Å²) >= 11 is 6.88. The van der Waals surface area contributed by atoms with Gasteiger partial charge in [0.15, 0.2) is 10.3 Å². The van der Waals surface area contributed by atoms with Crippen molar-refractivity contribution >= 4 is 36.8 Å². The Labute approximate surface area is 122 Å². The Balaban J connectivity index is 2.95. The Morgan fingerprint density at radius 1 is 1.68 bits per heavy atom. The molecule has 0 aliphatic heterocycles. The van der Waals surface area contributed by atoms with Crippen molar-refractivity contribution in [1.82, 2.24) is 4.98 Å². The Morgan fingerprint density at radius 2 is 2.32 bits per heavy atom. The van der Waals surface area contributed by atoms with Crippen LogP contribution in [0.25, 0.3) is 0 Å². The highest BCUT2D eigenvalue weighted by Gasteiger charge is 2.32. The summed E-state index contributed by atoms with van der Waals surface area (Å²) in [5, 5.41) is 9.74. The summed E-state index contributed by atoms with van der Waals surface area (Å²) in [7, 11) is 5.82. The van der Waals surface area contributed by atoms with Crippen LogP contribution in [0.2, 0.25) is 10.3 Å². The zero-order valence-electron chi connectivity index (χ0n) is 10.9. The second kappa shape index (κ2) is 6.70. The lowest BCUT2D eigenvalue weighted by Gasteiger charge is -2.28. The van der Waals surface area contributed by atoms with E-state index >= 15 is 0 Å². The zero-order chi connectivity index (χ0) is 14.6. The highest BCUT2D eigenvalue weighted by molar-refractivity contribution is 7.15. The minimum atomic E-state index is -1.45. The molecule has 0 fully saturated rings. The summed E-state index contributed by atoms with van der Waals surface area (Å²) < 4.78 is 10.6. The highest BCUT2D eigenvalue weighted by atomic mass is 35.5. The smallest absolute Gasteiger partial charge is 0.302 e. The molecule has 104 valence electrons. The maximum Gasteiger partial charge on any atom is 0.302 e. The molecule has 8 heteroatoms. The number of nitrogens with zero attached hydrogens (tertiary/aromatic N) is 1. The first kappa shape index (κ1) is 16.4. The molecule has 0 aliphatic rings. The molecule has 2 unspecified atom stereocenters. The van der Waals surface area contributed by atoms with E-state index in [0.717, 1.165) is 11.3 Å². The van der Waals surface area contributed by atoms with Crippen molar-refractivity contribution in [1.29, 1.82) is 0 Å². The van der Waals surface area contributed by atoms with Crippen molar-refractivity contribution in [3.05, 3.63) is 15.5 Å². The molecule has 0 saturated heterocycles. The Kier molecular flexibility index (Phi) is 5.79. The first-order valence-electron chi connectivity index (χ1n) is 5.68. The second-order valence-electron chi connectivity index (χ2n) is 4.28. The van der Waals surface area contributed by atoms with Gasteiger partial charge in [0.2, 0.25) is 0 Å². The third kappa shape index (κ3) is 5.10. The van der Waals surface area contributed by atoms with E-state index in [0.29, 0.717) is 9.34 Å². The predicted molar refractivity (Wildman–Crippen MR) is 73.4 cm³/mol. The third-order valence-electron chi connectivity index (χ3n) is 2.08. The van der Waals surface area contributed by atoms with Gasteiger partial charge in [-0.15, -0.1) is 11.3 Å². The van der Waals surface area contributed by atoms with Gasteiger partial charge in [0.1, 0.15) is 6.10 Å². The van der Waals surface area contributed by atoms with Crippen LogP contribution < -0.4 is 0 Å². The molecule has 1 aromatic rings. The van der Waals surface area contributed by atoms with Gasteiger partial charge in [-0.1, -0.05) is 11.6 Å². The summed E-state index contributed by atoms with van der Waals surface area (Å²) in [4.78, 5) is 16.1. The summed E-state index contributed by atoms with van der Waals surface area (Å²) in [6.07, 6.45) is 0.590. The average molecular weight is 304 g/mol. The minimum absolute atomic E-state index is 0.214. The van der Waals surface area contributed by atoms with Gasteiger partial charge in [0, 0.05) is 12.0 Å². The molecule has 0 spiro atoms. The van der Waals surface area contributed by atoms with E-state index in [9.17, 15) is 9.90 Å². The van der Waals surface area contributed by atoms with Gasteiger partial charge in [-0.2, -0.15) is 0 Å². The maximum atomic E-state index is 11.7. The molecular formula is C11H15BClNO4S. The van der Waals surface area contributed by atoms with Gasteiger partial charge in [-0.05, 0) is 20.8 Å². The lowest BCUT2D eigenvalue weighted by molar-refractivity contribution is -0.210. The first-order valence-corrected chi connectivity index (χ1v) is 6.87. The number of esters is 1. The van der Waals surface area contributed by atoms with Crippen LogP contribution in [0.3, 0.4) is 0 Å². The van der Waals surface area contributed by atoms with E-state index in [-0.39, 0.29) is 6.61 Å². The molecule has 1 aromatic heterocycles. The summed E-state index contributed by atoms with van der Waals surface area (Å²) in [6, 6.07) is 0. The van der Waals surface area contributed by atoms with Gasteiger partial charge in [-0.3, -0.25) is 4.79 Å². The lowest BCUT2D eigenvalue weighted by Crippen LogP contribution is -2.30. The number of halogens is 1. The van der Waals surface area contributed by atoms with Crippen molar-refractivity contribution in [2.24, 2.45) is 0 Å². The van der Waals surface area contributed by atoms with Crippen LogP contribution in [-0.4, -0.2) is 36.3 Å². The molecular weight excluding hydrogens is 288 g/mol. The van der Waals surface area contributed by atoms with Crippen LogP contribution in [0.1, 0.15) is 31.8 Å². The fraction of sp³-hybridized carbons (Fsp3) is 0.636. The standard InChI is InChI=1S/C11H15BClNO4S/c1-4-17-9(15)7(12)8(18-11(2,3)16)6-5-14-10(13)19-6/h5,7-8,16H,4H2,1-3H3. The summed E-state index contributed by atoms with van der Waals surface area (Å²) in [6.45, 7) is 4.78. The zero-order valence-corrected chi connectivity index (χ0v) is 12.5. The fourth-order valence-corrected chi connectivity index (χ4v) is 2.41. The molecule has 1 N–H and O–H groups in total. The van der Waals surface area contributed by atoms with Gasteiger partial charge < -0.3 is 14.6 Å². The number of carbonyl (C=O) groups is 1. The van der Waals surface area contributed by atoms with Crippen LogP contribution in [0, 0.1) is 0 Å². The van der Waals surface area contributed by atoms with Crippen LogP contribution in [-0.2, 0) is 14.3 Å². The number of ether oxygens (including phenoxy) is 2. The molecule has 19 heavy (non-hydrogen) atoms. The van der Waals surface area contributed by atoms with Gasteiger partial charge in [-0.25, -0.2) is 4.98 Å². The van der Waals surface area contributed by atoms with Crippen LogP contribution >= 0.6 is 22.9 Å². The largest absolute Gasteiger partial charge is 0.466 e. The van der Waals surface area contributed by atoms with E-state index in [1.54, 1.807) is 6.92 Å². The molecule has 0 aromatic carbocycles. The molecule has 0 saturated carbocycles. The van der Waals surface area contributed by atoms with E-state index in [2.05, 4.69) is 4.98 Å². The molecule has 0 bridgehead atoms. The third-order valence-corrected chi connectivity index (χ3v) is 3.25. The van der Waals surface area contributed by atoms with Gasteiger partial charge >= 0.3 is 5.97 Å². The number of aromatic nitrogens is 1. The highest BCUT2D eigenvalue weighted by Crippen LogP contribution is 2.36. The first-order chi connectivity index (χ1) is 8.74. The number of rotatable bonds is 6. The number of carbonyl (C=O) groups excluding carboxylic acids is 1. The minimum Gasteiger partial charge on any atom is -0.466 e. The van der Waals surface area contributed by atoms with Crippen molar-refractivity contribution in [2.75, 3.05) is 6.61 Å². The predicted octanol–water partition coefficient (Wildman–Crippen LogP) is 2.10. The molecule has 1 rings (SSSR count). The van der Waals surface area contributed by atoms with Crippen LogP contribution in [0.5, 0.6) is 0 Å². The Hall–Kier alpha value is -0.625. The molecule has 2 atom stereocenters. The molecule has 0 amide bonds. The van der Waals surface area contributed by atoms with E-state index < -0.39 is 23.7 Å². The molecule has 0 aliphatic carbocycles. The fourth-order valence-electron chi connectivity index (χ4n) is 1.38. The van der Waals surface area contributed by atoms with Crippen molar-refractivity contribution in [3.8, 4) is 0 Å². The summed E-state index contributed by atoms with van der Waals surface area (Å²) in [5.74, 6) is -3.13. The lowest BCUT2D eigenvalue weighted by atomic mass is 9.81. The second-order valence-corrected chi connectivity index (χ2v) is 5.92. The number of thiazole rings is 1. The van der Waals surface area contributed by atoms with Gasteiger partial charge in [0.05, 0.1) is 19.3 Å². The normalized spacial score (nSPS) is 15.0. The molecule has 1 heterocycles. The van der Waals surface area contributed by atoms with Crippen molar-refractivity contribution in [2.45, 2.75) is 38.5 Å².